The first-order chi connectivity index (χ1) is 19.3. The Kier molecular flexibility index (Phi) is 13.1. The number of unbranched alkanes of at least 4 members (excludes halogenated alkanes) is 3. The summed E-state index contributed by atoms with van der Waals surface area (Å²) in [7, 11) is 0. The van der Waals surface area contributed by atoms with Gasteiger partial charge in [-0.15, -0.1) is 11.8 Å². The predicted molar refractivity (Wildman–Crippen MR) is 150 cm³/mol. The van der Waals surface area contributed by atoms with E-state index in [2.05, 4.69) is 12.2 Å². The minimum atomic E-state index is -0.741. The fraction of sp³-hybridized carbons (Fsp3) is 0.655. The van der Waals surface area contributed by atoms with Crippen molar-refractivity contribution in [2.45, 2.75) is 102 Å². The van der Waals surface area contributed by atoms with Crippen LogP contribution < -0.4 is 5.32 Å². The summed E-state index contributed by atoms with van der Waals surface area (Å²) >= 11 is 1.53. The summed E-state index contributed by atoms with van der Waals surface area (Å²) in [4.78, 5) is 51.0. The molecule has 0 saturated carbocycles. The van der Waals surface area contributed by atoms with Gasteiger partial charge in [-0.3, -0.25) is 19.3 Å². The van der Waals surface area contributed by atoms with E-state index < -0.39 is 47.8 Å². The molecule has 0 spiro atoms. The van der Waals surface area contributed by atoms with E-state index in [0.717, 1.165) is 37.0 Å². The molecule has 5 atom stereocenters. The van der Waals surface area contributed by atoms with Crippen LogP contribution in [0.2, 0.25) is 0 Å². The summed E-state index contributed by atoms with van der Waals surface area (Å²) in [6.45, 7) is 5.53. The van der Waals surface area contributed by atoms with Crippen LogP contribution in [-0.4, -0.2) is 77.5 Å². The molecule has 1 aromatic rings. The van der Waals surface area contributed by atoms with Gasteiger partial charge in [-0.1, -0.05) is 56.5 Å². The van der Waals surface area contributed by atoms with E-state index in [0.29, 0.717) is 19.4 Å². The van der Waals surface area contributed by atoms with Crippen LogP contribution in [0.25, 0.3) is 0 Å². The number of benzene rings is 1. The van der Waals surface area contributed by atoms with Crippen molar-refractivity contribution in [1.29, 1.82) is 0 Å². The maximum atomic E-state index is 13.1. The van der Waals surface area contributed by atoms with Crippen molar-refractivity contribution in [3.05, 3.63) is 35.9 Å². The molecule has 1 unspecified atom stereocenters. The molecule has 2 saturated heterocycles. The number of likely N-dealkylation sites (tertiary alicyclic amines) is 1. The molecule has 0 radical (unpaired) electrons. The Morgan fingerprint density at radius 3 is 2.50 bits per heavy atom. The summed E-state index contributed by atoms with van der Waals surface area (Å²) in [6.07, 6.45) is 3.43. The van der Waals surface area contributed by atoms with Gasteiger partial charge in [0.1, 0.15) is 24.2 Å². The number of thioether (sulfide) groups is 1. The minimum absolute atomic E-state index is 0.138. The van der Waals surface area contributed by atoms with Crippen LogP contribution in [0.1, 0.15) is 71.3 Å². The Balaban J connectivity index is 1.58. The Labute approximate surface area is 240 Å². The number of carbonyl (C=O) groups is 4. The number of nitrogens with zero attached hydrogens (tertiary/aromatic N) is 1. The monoisotopic (exact) mass is 578 g/mol. The third kappa shape index (κ3) is 9.99. The first kappa shape index (κ1) is 31.7. The van der Waals surface area contributed by atoms with E-state index in [1.165, 1.54) is 30.5 Å². The van der Waals surface area contributed by atoms with Gasteiger partial charge in [0.25, 0.3) is 0 Å². The fourth-order valence-corrected chi connectivity index (χ4v) is 6.19. The van der Waals surface area contributed by atoms with Gasteiger partial charge in [0.05, 0.1) is 6.10 Å². The van der Waals surface area contributed by atoms with Gasteiger partial charge in [0, 0.05) is 33.4 Å². The molecule has 40 heavy (non-hydrogen) atoms. The second-order valence-corrected chi connectivity index (χ2v) is 11.4. The van der Waals surface area contributed by atoms with Gasteiger partial charge < -0.3 is 24.3 Å². The second kappa shape index (κ2) is 16.5. The molecule has 2 aliphatic heterocycles. The lowest BCUT2D eigenvalue weighted by atomic mass is 10.0. The number of esters is 2. The number of nitrogens with one attached hydrogen (secondary N) is 1. The Morgan fingerprint density at radius 1 is 1.05 bits per heavy atom. The average Bonchev–Trinajstić information content (AvgIpc) is 3.42. The van der Waals surface area contributed by atoms with E-state index in [9.17, 15) is 19.2 Å². The standard InChI is InChI=1S/C29H42N2O8S/c1-4-5-6-10-16-40-28-26(38-21(3)33)25(37-20(2)32)17-23(39-28)18-30-27(34)24-14-11-15-31(24)29(35)36-19-22-12-8-7-9-13-22/h7-9,12-13,23-26,28H,4-6,10-11,14-19H2,1-3H3,(H,30,34)/t23-,24?,25-,26-,28+/m1/s1. The molecule has 1 N–H and O–H groups in total. The topological polar surface area (TPSA) is 120 Å². The summed E-state index contributed by atoms with van der Waals surface area (Å²) < 4.78 is 22.8. The van der Waals surface area contributed by atoms with Crippen LogP contribution in [0.5, 0.6) is 0 Å². The van der Waals surface area contributed by atoms with Crippen molar-refractivity contribution in [3.63, 3.8) is 0 Å². The number of amides is 2. The first-order valence-electron chi connectivity index (χ1n) is 14.1. The molecule has 2 heterocycles. The van der Waals surface area contributed by atoms with E-state index in [1.807, 2.05) is 30.3 Å². The van der Waals surface area contributed by atoms with Gasteiger partial charge in [-0.25, -0.2) is 4.79 Å². The molecule has 2 aliphatic rings. The molecule has 11 heteroatoms. The van der Waals surface area contributed by atoms with Crippen molar-refractivity contribution in [2.75, 3.05) is 18.8 Å². The van der Waals surface area contributed by atoms with Crippen molar-refractivity contribution in [2.24, 2.45) is 0 Å². The number of rotatable bonds is 13. The molecular formula is C29H42N2O8S. The zero-order valence-electron chi connectivity index (χ0n) is 23.7. The number of ether oxygens (including phenoxy) is 4. The van der Waals surface area contributed by atoms with Crippen molar-refractivity contribution < 1.29 is 38.1 Å². The highest BCUT2D eigenvalue weighted by Gasteiger charge is 2.44. The van der Waals surface area contributed by atoms with Crippen molar-refractivity contribution in [1.82, 2.24) is 10.2 Å². The largest absolute Gasteiger partial charge is 0.458 e. The molecule has 222 valence electrons. The molecule has 0 aromatic heterocycles. The molecule has 2 amide bonds. The molecular weight excluding hydrogens is 536 g/mol. The van der Waals surface area contributed by atoms with Crippen LogP contribution in [0.3, 0.4) is 0 Å². The fourth-order valence-electron chi connectivity index (χ4n) is 4.93. The summed E-state index contributed by atoms with van der Waals surface area (Å²) in [6, 6.07) is 8.75. The molecule has 10 nitrogen and oxygen atoms in total. The smallest absolute Gasteiger partial charge is 0.410 e. The van der Waals surface area contributed by atoms with Gasteiger partial charge in [0.15, 0.2) is 6.10 Å². The molecule has 0 aliphatic carbocycles. The third-order valence-corrected chi connectivity index (χ3v) is 8.09. The molecule has 2 fully saturated rings. The van der Waals surface area contributed by atoms with Crippen LogP contribution in [0, 0.1) is 0 Å². The molecule has 1 aromatic carbocycles. The molecule has 0 bridgehead atoms. The maximum Gasteiger partial charge on any atom is 0.410 e. The summed E-state index contributed by atoms with van der Waals surface area (Å²) in [5.74, 6) is -0.437. The summed E-state index contributed by atoms with van der Waals surface area (Å²) in [5, 5.41) is 2.92. The van der Waals surface area contributed by atoms with Gasteiger partial charge in [-0.2, -0.15) is 0 Å². The number of hydrogen-bond donors (Lipinski definition) is 1. The highest BCUT2D eigenvalue weighted by molar-refractivity contribution is 7.99. The SMILES string of the molecule is CCCCCCS[C@@H]1O[C@@H](CNC(=O)C2CCCN2C(=O)OCc2ccccc2)C[C@@H](OC(C)=O)[C@H]1OC(C)=O. The highest BCUT2D eigenvalue weighted by atomic mass is 32.2. The zero-order valence-corrected chi connectivity index (χ0v) is 24.5. The van der Waals surface area contributed by atoms with Gasteiger partial charge in [0.2, 0.25) is 5.91 Å². The van der Waals surface area contributed by atoms with Crippen LogP contribution in [0.15, 0.2) is 30.3 Å². The lowest BCUT2D eigenvalue weighted by Crippen LogP contribution is -2.54. The van der Waals surface area contributed by atoms with Gasteiger partial charge in [-0.05, 0) is 30.6 Å². The van der Waals surface area contributed by atoms with Crippen molar-refractivity contribution in [3.8, 4) is 0 Å². The van der Waals surface area contributed by atoms with Crippen LogP contribution in [-0.2, 0) is 39.9 Å². The summed E-state index contributed by atoms with van der Waals surface area (Å²) in [5.41, 5.74) is 0.333. The Bertz CT molecular complexity index is 978. The lowest BCUT2D eigenvalue weighted by molar-refractivity contribution is -0.192. The zero-order chi connectivity index (χ0) is 28.9. The van der Waals surface area contributed by atoms with E-state index in [1.54, 1.807) is 0 Å². The predicted octanol–water partition coefficient (Wildman–Crippen LogP) is 4.20. The highest BCUT2D eigenvalue weighted by Crippen LogP contribution is 2.33. The number of hydrogen-bond acceptors (Lipinski definition) is 9. The lowest BCUT2D eigenvalue weighted by Gasteiger charge is -2.40. The Morgan fingerprint density at radius 2 is 1.80 bits per heavy atom. The second-order valence-electron chi connectivity index (χ2n) is 10.2. The normalized spacial score (nSPS) is 24.3. The third-order valence-electron chi connectivity index (χ3n) is 6.85. The van der Waals surface area contributed by atoms with Crippen molar-refractivity contribution >= 4 is 35.7 Å². The maximum absolute atomic E-state index is 13.1. The van der Waals surface area contributed by atoms with E-state index in [-0.39, 0.29) is 25.5 Å². The van der Waals surface area contributed by atoms with E-state index in [4.69, 9.17) is 18.9 Å². The minimum Gasteiger partial charge on any atom is -0.458 e. The first-order valence-corrected chi connectivity index (χ1v) is 15.2. The molecule has 3 rings (SSSR count). The van der Waals surface area contributed by atoms with Crippen LogP contribution >= 0.6 is 11.8 Å². The van der Waals surface area contributed by atoms with Gasteiger partial charge >= 0.3 is 18.0 Å². The quantitative estimate of drug-likeness (QED) is 0.209. The van der Waals surface area contributed by atoms with E-state index >= 15 is 0 Å². The number of carbonyl (C=O) groups excluding carboxylic acids is 4. The van der Waals surface area contributed by atoms with Crippen LogP contribution in [0.4, 0.5) is 4.79 Å². The average molecular weight is 579 g/mol. The Hall–Kier alpha value is -2.79.